The van der Waals surface area contributed by atoms with Gasteiger partial charge in [0.15, 0.2) is 0 Å². The van der Waals surface area contributed by atoms with Gasteiger partial charge in [0.1, 0.15) is 18.2 Å². The molecule has 0 radical (unpaired) electrons. The second-order valence-corrected chi connectivity index (χ2v) is 11.0. The summed E-state index contributed by atoms with van der Waals surface area (Å²) in [6.07, 6.45) is 1.21. The number of carbonyl (C=O) groups excluding carboxylic acids is 1. The van der Waals surface area contributed by atoms with E-state index in [2.05, 4.69) is 26.1 Å². The molecule has 0 saturated carbocycles. The van der Waals surface area contributed by atoms with Crippen LogP contribution in [0.25, 0.3) is 0 Å². The van der Waals surface area contributed by atoms with Crippen LogP contribution in [0.1, 0.15) is 39.2 Å². The van der Waals surface area contributed by atoms with E-state index in [0.717, 1.165) is 23.4 Å². The Bertz CT molecular complexity index is 1030. The van der Waals surface area contributed by atoms with E-state index in [-0.39, 0.29) is 22.8 Å². The third-order valence-corrected chi connectivity index (χ3v) is 7.44. The third kappa shape index (κ3) is 5.86. The summed E-state index contributed by atoms with van der Waals surface area (Å²) in [5, 5.41) is 2.87. The maximum Gasteiger partial charge on any atom is 0.243 e. The van der Waals surface area contributed by atoms with Gasteiger partial charge in [0.05, 0.1) is 17.4 Å². The van der Waals surface area contributed by atoms with Gasteiger partial charge >= 0.3 is 0 Å². The summed E-state index contributed by atoms with van der Waals surface area (Å²) in [5.41, 5.74) is 1.04. The van der Waals surface area contributed by atoms with Gasteiger partial charge in [0.25, 0.3) is 0 Å². The Morgan fingerprint density at radius 2 is 1.84 bits per heavy atom. The topological polar surface area (TPSA) is 75.7 Å². The van der Waals surface area contributed by atoms with Crippen LogP contribution in [0, 0.1) is 11.7 Å². The van der Waals surface area contributed by atoms with Gasteiger partial charge in [-0.3, -0.25) is 4.79 Å². The molecule has 0 unspecified atom stereocenters. The second-order valence-electron chi connectivity index (χ2n) is 9.04. The lowest BCUT2D eigenvalue weighted by Crippen LogP contribution is -2.46. The number of benzene rings is 2. The zero-order valence-electron chi connectivity index (χ0n) is 18.8. The largest absolute Gasteiger partial charge is 0.491 e. The fourth-order valence-electron chi connectivity index (χ4n) is 3.82. The van der Waals surface area contributed by atoms with Crippen LogP contribution in [0.3, 0.4) is 0 Å². The summed E-state index contributed by atoms with van der Waals surface area (Å²) >= 11 is 0. The summed E-state index contributed by atoms with van der Waals surface area (Å²) in [5.74, 6) is -0.312. The summed E-state index contributed by atoms with van der Waals surface area (Å²) in [6, 6.07) is 12.6. The first kappa shape index (κ1) is 24.2. The van der Waals surface area contributed by atoms with Gasteiger partial charge < -0.3 is 10.1 Å². The zero-order valence-corrected chi connectivity index (χ0v) is 19.6. The SMILES string of the molecule is CC(C)(C)c1ccccc1OCCNC(=O)[C@@H]1CCCN(S(=O)(=O)c2ccc(F)cc2)C1. The number of carbonyl (C=O) groups is 1. The minimum Gasteiger partial charge on any atom is -0.491 e. The molecule has 3 rings (SSSR count). The maximum absolute atomic E-state index is 13.1. The Morgan fingerprint density at radius 3 is 2.53 bits per heavy atom. The molecule has 8 heteroatoms. The van der Waals surface area contributed by atoms with Crippen LogP contribution >= 0.6 is 0 Å². The molecule has 1 aliphatic rings. The first-order chi connectivity index (χ1) is 15.1. The summed E-state index contributed by atoms with van der Waals surface area (Å²) in [6.45, 7) is 7.46. The molecule has 0 aliphatic carbocycles. The molecule has 0 bridgehead atoms. The molecule has 2 aromatic carbocycles. The highest BCUT2D eigenvalue weighted by molar-refractivity contribution is 7.89. The standard InChI is InChI=1S/C24H31FN2O4S/c1-24(2,3)21-8-4-5-9-22(21)31-16-14-26-23(28)18-7-6-15-27(17-18)32(29,30)20-12-10-19(25)11-13-20/h4-5,8-13,18H,6-7,14-17H2,1-3H3,(H,26,28)/t18-/m1/s1. The molecule has 2 aromatic rings. The van der Waals surface area contributed by atoms with Crippen molar-refractivity contribution in [1.29, 1.82) is 0 Å². The number of amides is 1. The van der Waals surface area contributed by atoms with Crippen LogP contribution in [-0.4, -0.2) is 44.9 Å². The molecule has 1 saturated heterocycles. The molecule has 6 nitrogen and oxygen atoms in total. The third-order valence-electron chi connectivity index (χ3n) is 5.56. The average molecular weight is 463 g/mol. The van der Waals surface area contributed by atoms with Gasteiger partial charge in [-0.15, -0.1) is 0 Å². The number of para-hydroxylation sites is 1. The predicted molar refractivity (Wildman–Crippen MR) is 122 cm³/mol. The lowest BCUT2D eigenvalue weighted by molar-refractivity contribution is -0.126. The smallest absolute Gasteiger partial charge is 0.243 e. The average Bonchev–Trinajstić information content (AvgIpc) is 2.76. The molecule has 1 atom stereocenters. The highest BCUT2D eigenvalue weighted by Gasteiger charge is 2.33. The van der Waals surface area contributed by atoms with Crippen molar-refractivity contribution in [3.63, 3.8) is 0 Å². The quantitative estimate of drug-likeness (QED) is 0.637. The van der Waals surface area contributed by atoms with E-state index in [9.17, 15) is 17.6 Å². The number of ether oxygens (including phenoxy) is 1. The monoisotopic (exact) mass is 462 g/mol. The maximum atomic E-state index is 13.1. The molecule has 1 aliphatic heterocycles. The Labute approximate surface area is 189 Å². The van der Waals surface area contributed by atoms with Crippen molar-refractivity contribution in [3.8, 4) is 5.75 Å². The zero-order chi connectivity index (χ0) is 23.4. The van der Waals surface area contributed by atoms with E-state index in [1.807, 2.05) is 24.3 Å². The molecule has 0 aromatic heterocycles. The van der Waals surface area contributed by atoms with Crippen LogP contribution < -0.4 is 10.1 Å². The fraction of sp³-hybridized carbons (Fsp3) is 0.458. The molecule has 1 amide bonds. The van der Waals surface area contributed by atoms with Crippen LogP contribution in [0.2, 0.25) is 0 Å². The molecule has 0 spiro atoms. The number of sulfonamides is 1. The normalized spacial score (nSPS) is 17.7. The van der Waals surface area contributed by atoms with Crippen LogP contribution in [-0.2, 0) is 20.2 Å². The van der Waals surface area contributed by atoms with Crippen molar-refractivity contribution in [2.75, 3.05) is 26.2 Å². The van der Waals surface area contributed by atoms with Crippen molar-refractivity contribution in [3.05, 3.63) is 59.9 Å². The predicted octanol–water partition coefficient (Wildman–Crippen LogP) is 3.72. The Kier molecular flexibility index (Phi) is 7.56. The molecular formula is C24H31FN2O4S. The number of piperidine rings is 1. The lowest BCUT2D eigenvalue weighted by Gasteiger charge is -2.31. The molecule has 174 valence electrons. The van der Waals surface area contributed by atoms with Gasteiger partial charge in [0.2, 0.25) is 15.9 Å². The Morgan fingerprint density at radius 1 is 1.16 bits per heavy atom. The molecule has 1 heterocycles. The van der Waals surface area contributed by atoms with Crippen molar-refractivity contribution in [2.45, 2.75) is 43.9 Å². The second kappa shape index (κ2) is 10.0. The number of halogens is 1. The summed E-state index contributed by atoms with van der Waals surface area (Å²) in [4.78, 5) is 12.7. The minimum atomic E-state index is -3.76. The van der Waals surface area contributed by atoms with E-state index < -0.39 is 21.8 Å². The van der Waals surface area contributed by atoms with E-state index in [0.29, 0.717) is 32.5 Å². The van der Waals surface area contributed by atoms with Crippen molar-refractivity contribution in [2.24, 2.45) is 5.92 Å². The van der Waals surface area contributed by atoms with Crippen molar-refractivity contribution >= 4 is 15.9 Å². The molecule has 1 fully saturated rings. The minimum absolute atomic E-state index is 0.0332. The Balaban J connectivity index is 1.53. The van der Waals surface area contributed by atoms with E-state index >= 15 is 0 Å². The van der Waals surface area contributed by atoms with Gasteiger partial charge in [-0.05, 0) is 54.2 Å². The van der Waals surface area contributed by atoms with Crippen LogP contribution in [0.4, 0.5) is 4.39 Å². The van der Waals surface area contributed by atoms with Gasteiger partial charge in [-0.2, -0.15) is 4.31 Å². The van der Waals surface area contributed by atoms with Gasteiger partial charge in [-0.1, -0.05) is 39.0 Å². The van der Waals surface area contributed by atoms with E-state index in [1.165, 1.54) is 16.4 Å². The van der Waals surface area contributed by atoms with Crippen molar-refractivity contribution < 1.29 is 22.3 Å². The number of hydrogen-bond donors (Lipinski definition) is 1. The lowest BCUT2D eigenvalue weighted by atomic mass is 9.86. The molecule has 32 heavy (non-hydrogen) atoms. The highest BCUT2D eigenvalue weighted by Crippen LogP contribution is 2.30. The van der Waals surface area contributed by atoms with E-state index in [4.69, 9.17) is 4.74 Å². The van der Waals surface area contributed by atoms with Crippen LogP contribution in [0.5, 0.6) is 5.75 Å². The Hall–Kier alpha value is -2.45. The number of rotatable bonds is 7. The van der Waals surface area contributed by atoms with Gasteiger partial charge in [0, 0.05) is 13.1 Å². The fourth-order valence-corrected chi connectivity index (χ4v) is 5.35. The molecule has 1 N–H and O–H groups in total. The first-order valence-corrected chi connectivity index (χ1v) is 12.3. The first-order valence-electron chi connectivity index (χ1n) is 10.8. The number of hydrogen-bond acceptors (Lipinski definition) is 4. The van der Waals surface area contributed by atoms with E-state index in [1.54, 1.807) is 0 Å². The van der Waals surface area contributed by atoms with Crippen molar-refractivity contribution in [1.82, 2.24) is 9.62 Å². The number of nitrogens with one attached hydrogen (secondary N) is 1. The van der Waals surface area contributed by atoms with Crippen LogP contribution in [0.15, 0.2) is 53.4 Å². The molecular weight excluding hydrogens is 431 g/mol. The summed E-state index contributed by atoms with van der Waals surface area (Å²) in [7, 11) is -3.76. The number of nitrogens with zero attached hydrogens (tertiary/aromatic N) is 1. The highest BCUT2D eigenvalue weighted by atomic mass is 32.2. The van der Waals surface area contributed by atoms with Gasteiger partial charge in [-0.25, -0.2) is 12.8 Å². The summed E-state index contributed by atoms with van der Waals surface area (Å²) < 4.78 is 46.0.